The van der Waals surface area contributed by atoms with Crippen molar-refractivity contribution in [1.82, 2.24) is 9.78 Å². The first kappa shape index (κ1) is 17.0. The second kappa shape index (κ2) is 7.03. The van der Waals surface area contributed by atoms with Crippen LogP contribution in [0.2, 0.25) is 0 Å². The summed E-state index contributed by atoms with van der Waals surface area (Å²) in [5, 5.41) is 5.63. The molecule has 0 N–H and O–H groups in total. The normalized spacial score (nSPS) is 10.8. The van der Waals surface area contributed by atoms with Crippen molar-refractivity contribution in [3.8, 4) is 34.1 Å². The van der Waals surface area contributed by atoms with Crippen LogP contribution < -0.4 is 14.2 Å². The fraction of sp³-hybridized carbons (Fsp3) is 0.136. The number of rotatable bonds is 5. The minimum atomic E-state index is 0.560. The molecule has 0 spiro atoms. The third-order valence-electron chi connectivity index (χ3n) is 4.57. The average Bonchev–Trinajstić information content (AvgIpc) is 3.16. The van der Waals surface area contributed by atoms with E-state index in [1.807, 2.05) is 41.2 Å². The lowest BCUT2D eigenvalue weighted by Gasteiger charge is -2.14. The molecule has 0 amide bonds. The lowest BCUT2D eigenvalue weighted by Crippen LogP contribution is -2.01. The third-order valence-corrected chi connectivity index (χ3v) is 4.57. The van der Waals surface area contributed by atoms with Gasteiger partial charge in [0, 0.05) is 17.5 Å². The van der Waals surface area contributed by atoms with Crippen molar-refractivity contribution in [3.63, 3.8) is 0 Å². The molecule has 136 valence electrons. The van der Waals surface area contributed by atoms with Crippen LogP contribution in [0, 0.1) is 0 Å². The molecule has 0 aliphatic rings. The predicted octanol–water partition coefficient (Wildman–Crippen LogP) is 4.72. The summed E-state index contributed by atoms with van der Waals surface area (Å²) < 4.78 is 18.2. The van der Waals surface area contributed by atoms with E-state index in [2.05, 4.69) is 35.4 Å². The van der Waals surface area contributed by atoms with Gasteiger partial charge in [-0.15, -0.1) is 0 Å². The van der Waals surface area contributed by atoms with Crippen LogP contribution in [0.5, 0.6) is 17.2 Å². The van der Waals surface area contributed by atoms with E-state index in [4.69, 9.17) is 14.2 Å². The van der Waals surface area contributed by atoms with Crippen molar-refractivity contribution in [2.24, 2.45) is 0 Å². The zero-order valence-corrected chi connectivity index (χ0v) is 15.5. The highest BCUT2D eigenvalue weighted by Crippen LogP contribution is 2.39. The number of benzene rings is 3. The molecule has 1 aromatic heterocycles. The van der Waals surface area contributed by atoms with Crippen LogP contribution in [0.4, 0.5) is 0 Å². The van der Waals surface area contributed by atoms with Crippen molar-refractivity contribution in [2.45, 2.75) is 0 Å². The van der Waals surface area contributed by atoms with Crippen LogP contribution in [-0.2, 0) is 0 Å². The third kappa shape index (κ3) is 2.97. The van der Waals surface area contributed by atoms with Gasteiger partial charge in [0.15, 0.2) is 11.5 Å². The molecule has 0 fully saturated rings. The molecule has 27 heavy (non-hydrogen) atoms. The van der Waals surface area contributed by atoms with E-state index in [1.165, 1.54) is 0 Å². The Bertz CT molecular complexity index is 1060. The maximum absolute atomic E-state index is 5.48. The standard InChI is InChI=1S/C22H20N2O3/c1-25-20-12-18(13-21(26-2)22(20)27-3)24-19-11-16(9-10-17(19)14-23-24)15-7-5-4-6-8-15/h4-14H,1-3H3. The average molecular weight is 360 g/mol. The topological polar surface area (TPSA) is 45.5 Å². The molecule has 0 saturated carbocycles. The van der Waals surface area contributed by atoms with E-state index in [9.17, 15) is 0 Å². The molecule has 4 rings (SSSR count). The summed E-state index contributed by atoms with van der Waals surface area (Å²) in [5.74, 6) is 1.75. The van der Waals surface area contributed by atoms with Crippen molar-refractivity contribution < 1.29 is 14.2 Å². The number of fused-ring (bicyclic) bond motifs is 1. The minimum absolute atomic E-state index is 0.560. The smallest absolute Gasteiger partial charge is 0.203 e. The van der Waals surface area contributed by atoms with Crippen molar-refractivity contribution in [1.29, 1.82) is 0 Å². The van der Waals surface area contributed by atoms with Gasteiger partial charge < -0.3 is 14.2 Å². The van der Waals surface area contributed by atoms with Gasteiger partial charge in [0.1, 0.15) is 0 Å². The Hall–Kier alpha value is -3.47. The van der Waals surface area contributed by atoms with E-state index in [-0.39, 0.29) is 0 Å². The fourth-order valence-corrected chi connectivity index (χ4v) is 3.22. The molecule has 5 nitrogen and oxygen atoms in total. The summed E-state index contributed by atoms with van der Waals surface area (Å²) in [6.45, 7) is 0. The second-order valence-corrected chi connectivity index (χ2v) is 6.08. The molecule has 3 aromatic carbocycles. The second-order valence-electron chi connectivity index (χ2n) is 6.08. The van der Waals surface area contributed by atoms with E-state index >= 15 is 0 Å². The Labute approximate surface area is 157 Å². The lowest BCUT2D eigenvalue weighted by molar-refractivity contribution is 0.324. The van der Waals surface area contributed by atoms with Crippen molar-refractivity contribution >= 4 is 10.9 Å². The number of hydrogen-bond donors (Lipinski definition) is 0. The van der Waals surface area contributed by atoms with Crippen molar-refractivity contribution in [2.75, 3.05) is 21.3 Å². The lowest BCUT2D eigenvalue weighted by atomic mass is 10.0. The molecule has 0 aliphatic carbocycles. The van der Waals surface area contributed by atoms with E-state index in [1.54, 1.807) is 21.3 Å². The highest BCUT2D eigenvalue weighted by Gasteiger charge is 2.16. The fourth-order valence-electron chi connectivity index (χ4n) is 3.22. The van der Waals surface area contributed by atoms with Gasteiger partial charge in [0.25, 0.3) is 0 Å². The van der Waals surface area contributed by atoms with Crippen LogP contribution in [0.15, 0.2) is 66.9 Å². The van der Waals surface area contributed by atoms with E-state index in [0.29, 0.717) is 17.2 Å². The Morgan fingerprint density at radius 2 is 1.44 bits per heavy atom. The Morgan fingerprint density at radius 3 is 2.07 bits per heavy atom. The highest BCUT2D eigenvalue weighted by atomic mass is 16.5. The zero-order valence-electron chi connectivity index (χ0n) is 15.5. The first-order chi connectivity index (χ1) is 13.2. The van der Waals surface area contributed by atoms with Crippen LogP contribution in [0.3, 0.4) is 0 Å². The number of nitrogens with zero attached hydrogens (tertiary/aromatic N) is 2. The summed E-state index contributed by atoms with van der Waals surface area (Å²) in [5.41, 5.74) is 4.14. The van der Waals surface area contributed by atoms with E-state index < -0.39 is 0 Å². The van der Waals surface area contributed by atoms with Gasteiger partial charge in [-0.1, -0.05) is 42.5 Å². The van der Waals surface area contributed by atoms with Crippen LogP contribution in [0.25, 0.3) is 27.7 Å². The molecule has 4 aromatic rings. The Kier molecular flexibility index (Phi) is 4.42. The van der Waals surface area contributed by atoms with Gasteiger partial charge in [-0.2, -0.15) is 5.10 Å². The molecule has 0 aliphatic heterocycles. The first-order valence-electron chi connectivity index (χ1n) is 8.58. The number of aromatic nitrogens is 2. The van der Waals surface area contributed by atoms with Gasteiger partial charge >= 0.3 is 0 Å². The quantitative estimate of drug-likeness (QED) is 0.517. The maximum Gasteiger partial charge on any atom is 0.203 e. The Balaban J connectivity index is 1.89. The summed E-state index contributed by atoms with van der Waals surface area (Å²) in [6, 6.07) is 20.4. The van der Waals surface area contributed by atoms with Crippen molar-refractivity contribution in [3.05, 3.63) is 66.9 Å². The first-order valence-corrected chi connectivity index (χ1v) is 8.58. The monoisotopic (exact) mass is 360 g/mol. The molecule has 5 heteroatoms. The molecule has 0 unspecified atom stereocenters. The van der Waals surface area contributed by atoms with Crippen LogP contribution in [0.1, 0.15) is 0 Å². The summed E-state index contributed by atoms with van der Waals surface area (Å²) in [7, 11) is 4.81. The van der Waals surface area contributed by atoms with Crippen LogP contribution in [-0.4, -0.2) is 31.1 Å². The van der Waals surface area contributed by atoms with E-state index in [0.717, 1.165) is 27.7 Å². The minimum Gasteiger partial charge on any atom is -0.493 e. The zero-order chi connectivity index (χ0) is 18.8. The van der Waals surface area contributed by atoms with Gasteiger partial charge in [-0.3, -0.25) is 0 Å². The molecule has 0 atom stereocenters. The molecule has 1 heterocycles. The van der Waals surface area contributed by atoms with Gasteiger partial charge in [0.2, 0.25) is 5.75 Å². The summed E-state index contributed by atoms with van der Waals surface area (Å²) in [4.78, 5) is 0. The highest BCUT2D eigenvalue weighted by molar-refractivity contribution is 5.85. The van der Waals surface area contributed by atoms with Gasteiger partial charge in [0.05, 0.1) is 38.7 Å². The maximum atomic E-state index is 5.48. The molecule has 0 bridgehead atoms. The van der Waals surface area contributed by atoms with Gasteiger partial charge in [-0.05, 0) is 17.2 Å². The molecular formula is C22H20N2O3. The number of methoxy groups -OCH3 is 3. The number of ether oxygens (including phenoxy) is 3. The summed E-state index contributed by atoms with van der Waals surface area (Å²) in [6.07, 6.45) is 1.85. The Morgan fingerprint density at radius 1 is 0.741 bits per heavy atom. The summed E-state index contributed by atoms with van der Waals surface area (Å²) >= 11 is 0. The van der Waals surface area contributed by atoms with Gasteiger partial charge in [-0.25, -0.2) is 4.68 Å². The SMILES string of the molecule is COc1cc(-n2ncc3ccc(-c4ccccc4)cc32)cc(OC)c1OC. The number of hydrogen-bond acceptors (Lipinski definition) is 4. The predicted molar refractivity (Wildman–Crippen MR) is 106 cm³/mol. The van der Waals surface area contributed by atoms with Crippen LogP contribution >= 0.6 is 0 Å². The molecule has 0 radical (unpaired) electrons. The molecule has 0 saturated heterocycles. The largest absolute Gasteiger partial charge is 0.493 e. The molecular weight excluding hydrogens is 340 g/mol.